The lowest BCUT2D eigenvalue weighted by Gasteiger charge is -2.09. The molecule has 1 atom stereocenters. The molecule has 0 aliphatic heterocycles. The van der Waals surface area contributed by atoms with Crippen LogP contribution in [0, 0.1) is 12.7 Å². The lowest BCUT2D eigenvalue weighted by atomic mass is 10.0. The monoisotopic (exact) mass is 385 g/mol. The normalized spacial score (nSPS) is 15.7. The maximum absolute atomic E-state index is 13.4. The molecule has 0 saturated carbocycles. The maximum Gasteiger partial charge on any atom is 0.123 e. The largest absolute Gasteiger partial charge is 0.493 e. The van der Waals surface area contributed by atoms with Gasteiger partial charge in [0.1, 0.15) is 16.6 Å². The number of benzene rings is 2. The number of hydrogen-bond donors (Lipinski definition) is 0. The highest BCUT2D eigenvalue weighted by Gasteiger charge is 2.22. The molecule has 0 unspecified atom stereocenters. The lowest BCUT2D eigenvalue weighted by molar-refractivity contribution is 0.320. The van der Waals surface area contributed by atoms with Gasteiger partial charge in [-0.3, -0.25) is 4.39 Å². The number of fused-ring (bicyclic) bond motifs is 1. The van der Waals surface area contributed by atoms with E-state index in [1.807, 2.05) is 31.2 Å². The molecule has 1 aliphatic rings. The van der Waals surface area contributed by atoms with Gasteiger partial charge in [0.15, 0.2) is 0 Å². The molecule has 2 nitrogen and oxygen atoms in total. The summed E-state index contributed by atoms with van der Waals surface area (Å²) in [5.41, 5.74) is 4.11. The summed E-state index contributed by atoms with van der Waals surface area (Å²) in [5.74, 6) is 0.622. The summed E-state index contributed by atoms with van der Waals surface area (Å²) < 4.78 is 32.3. The topological polar surface area (TPSA) is 22.1 Å². The standard InChI is InChI=1S/C22H21F2NOS/c1-14-21(25-22(27-14)16-3-2-4-18(24)11-16)9-10-26-19-7-8-20-15(12-19)5-6-17(20)13-23/h2-4,7-8,11-12,17H,5-6,9-10,13H2,1H3/t17-/m0/s1. The number of aryl methyl sites for hydroxylation is 2. The van der Waals surface area contributed by atoms with E-state index < -0.39 is 0 Å². The number of halogens is 2. The van der Waals surface area contributed by atoms with Crippen molar-refractivity contribution in [3.8, 4) is 16.3 Å². The van der Waals surface area contributed by atoms with Crippen molar-refractivity contribution < 1.29 is 13.5 Å². The smallest absolute Gasteiger partial charge is 0.123 e. The molecule has 5 heteroatoms. The first-order valence-electron chi connectivity index (χ1n) is 9.18. The van der Waals surface area contributed by atoms with Crippen molar-refractivity contribution in [2.24, 2.45) is 0 Å². The molecule has 0 amide bonds. The van der Waals surface area contributed by atoms with Crippen LogP contribution < -0.4 is 4.74 Å². The highest BCUT2D eigenvalue weighted by molar-refractivity contribution is 7.15. The summed E-state index contributed by atoms with van der Waals surface area (Å²) in [6.07, 6.45) is 2.50. The van der Waals surface area contributed by atoms with E-state index in [0.29, 0.717) is 13.0 Å². The van der Waals surface area contributed by atoms with Crippen LogP contribution in [0.2, 0.25) is 0 Å². The zero-order valence-corrected chi connectivity index (χ0v) is 16.0. The van der Waals surface area contributed by atoms with Gasteiger partial charge in [-0.05, 0) is 55.2 Å². The van der Waals surface area contributed by atoms with E-state index in [-0.39, 0.29) is 18.4 Å². The van der Waals surface area contributed by atoms with Crippen molar-refractivity contribution in [1.29, 1.82) is 0 Å². The number of aromatic nitrogens is 1. The summed E-state index contributed by atoms with van der Waals surface area (Å²) in [5, 5.41) is 0.830. The minimum atomic E-state index is -0.288. The molecule has 27 heavy (non-hydrogen) atoms. The third-order valence-electron chi connectivity index (χ3n) is 5.07. The first kappa shape index (κ1) is 18.1. The van der Waals surface area contributed by atoms with Crippen LogP contribution in [0.1, 0.15) is 34.0 Å². The van der Waals surface area contributed by atoms with Gasteiger partial charge < -0.3 is 4.74 Å². The van der Waals surface area contributed by atoms with Gasteiger partial charge >= 0.3 is 0 Å². The van der Waals surface area contributed by atoms with E-state index in [9.17, 15) is 8.78 Å². The number of rotatable bonds is 6. The second-order valence-corrected chi connectivity index (χ2v) is 8.08. The highest BCUT2D eigenvalue weighted by Crippen LogP contribution is 2.35. The van der Waals surface area contributed by atoms with Crippen LogP contribution in [0.3, 0.4) is 0 Å². The van der Waals surface area contributed by atoms with Crippen molar-refractivity contribution in [2.75, 3.05) is 13.3 Å². The Morgan fingerprint density at radius 3 is 2.93 bits per heavy atom. The third kappa shape index (κ3) is 3.88. The van der Waals surface area contributed by atoms with Crippen LogP contribution in [0.5, 0.6) is 5.75 Å². The van der Waals surface area contributed by atoms with Gasteiger partial charge in [-0.15, -0.1) is 11.3 Å². The Kier molecular flexibility index (Phi) is 5.21. The van der Waals surface area contributed by atoms with Gasteiger partial charge in [-0.1, -0.05) is 18.2 Å². The molecule has 140 valence electrons. The fraction of sp³-hybridized carbons (Fsp3) is 0.318. The van der Waals surface area contributed by atoms with Gasteiger partial charge in [0.2, 0.25) is 0 Å². The van der Waals surface area contributed by atoms with E-state index in [1.165, 1.54) is 17.7 Å². The van der Waals surface area contributed by atoms with Crippen LogP contribution in [0.4, 0.5) is 8.78 Å². The quantitative estimate of drug-likeness (QED) is 0.529. The Bertz CT molecular complexity index is 953. The molecule has 4 rings (SSSR count). The van der Waals surface area contributed by atoms with E-state index in [0.717, 1.165) is 45.3 Å². The van der Waals surface area contributed by atoms with E-state index in [4.69, 9.17) is 4.74 Å². The number of hydrogen-bond acceptors (Lipinski definition) is 3. The molecule has 3 aromatic rings. The van der Waals surface area contributed by atoms with Crippen LogP contribution in [-0.4, -0.2) is 18.3 Å². The summed E-state index contributed by atoms with van der Waals surface area (Å²) in [6.45, 7) is 2.27. The SMILES string of the molecule is Cc1sc(-c2cccc(F)c2)nc1CCOc1ccc2c(c1)CC[C@H]2CF. The predicted octanol–water partition coefficient (Wildman–Crippen LogP) is 5.88. The number of alkyl halides is 1. The zero-order valence-electron chi connectivity index (χ0n) is 15.2. The molecule has 0 fully saturated rings. The van der Waals surface area contributed by atoms with Gasteiger partial charge in [-0.2, -0.15) is 0 Å². The molecule has 0 bridgehead atoms. The minimum absolute atomic E-state index is 0.0490. The molecule has 0 radical (unpaired) electrons. The summed E-state index contributed by atoms with van der Waals surface area (Å²) >= 11 is 1.57. The predicted molar refractivity (Wildman–Crippen MR) is 105 cm³/mol. The Hall–Kier alpha value is -2.27. The Balaban J connectivity index is 1.40. The molecule has 2 aromatic carbocycles. The second kappa shape index (κ2) is 7.77. The molecule has 0 N–H and O–H groups in total. The van der Waals surface area contributed by atoms with Gasteiger partial charge in [0, 0.05) is 22.8 Å². The van der Waals surface area contributed by atoms with Crippen LogP contribution >= 0.6 is 11.3 Å². The second-order valence-electron chi connectivity index (χ2n) is 6.88. The first-order valence-corrected chi connectivity index (χ1v) is 9.99. The van der Waals surface area contributed by atoms with E-state index >= 15 is 0 Å². The van der Waals surface area contributed by atoms with Crippen LogP contribution in [0.15, 0.2) is 42.5 Å². The number of thiazole rings is 1. The first-order chi connectivity index (χ1) is 13.1. The molecule has 0 spiro atoms. The summed E-state index contributed by atoms with van der Waals surface area (Å²) in [7, 11) is 0. The van der Waals surface area contributed by atoms with Crippen molar-refractivity contribution in [2.45, 2.75) is 32.1 Å². The molecule has 1 aliphatic carbocycles. The maximum atomic E-state index is 13.4. The Morgan fingerprint density at radius 1 is 1.22 bits per heavy atom. The molecule has 1 aromatic heterocycles. The van der Waals surface area contributed by atoms with Gasteiger partial charge in [0.25, 0.3) is 0 Å². The zero-order chi connectivity index (χ0) is 18.8. The Morgan fingerprint density at radius 2 is 2.11 bits per heavy atom. The molecular weight excluding hydrogens is 364 g/mol. The van der Waals surface area contributed by atoms with E-state index in [1.54, 1.807) is 17.4 Å². The molecule has 0 saturated heterocycles. The summed E-state index contributed by atoms with van der Waals surface area (Å²) in [4.78, 5) is 5.78. The fourth-order valence-electron chi connectivity index (χ4n) is 3.60. The Labute approximate surface area is 161 Å². The van der Waals surface area contributed by atoms with Gasteiger partial charge in [0.05, 0.1) is 19.0 Å². The van der Waals surface area contributed by atoms with Crippen LogP contribution in [-0.2, 0) is 12.8 Å². The number of nitrogens with zero attached hydrogens (tertiary/aromatic N) is 1. The fourth-order valence-corrected chi connectivity index (χ4v) is 4.56. The average Bonchev–Trinajstić information content (AvgIpc) is 3.25. The van der Waals surface area contributed by atoms with Crippen molar-refractivity contribution in [1.82, 2.24) is 4.98 Å². The molecule has 1 heterocycles. The minimum Gasteiger partial charge on any atom is -0.493 e. The van der Waals surface area contributed by atoms with Crippen molar-refractivity contribution in [3.63, 3.8) is 0 Å². The van der Waals surface area contributed by atoms with Crippen LogP contribution in [0.25, 0.3) is 10.6 Å². The van der Waals surface area contributed by atoms with Gasteiger partial charge in [-0.25, -0.2) is 9.37 Å². The summed E-state index contributed by atoms with van der Waals surface area (Å²) in [6, 6.07) is 12.5. The highest BCUT2D eigenvalue weighted by atomic mass is 32.1. The van der Waals surface area contributed by atoms with Crippen molar-refractivity contribution >= 4 is 11.3 Å². The van der Waals surface area contributed by atoms with Crippen molar-refractivity contribution in [3.05, 3.63) is 70.0 Å². The molecular formula is C22H21F2NOS. The lowest BCUT2D eigenvalue weighted by Crippen LogP contribution is -2.03. The number of ether oxygens (including phenoxy) is 1. The average molecular weight is 385 g/mol. The third-order valence-corrected chi connectivity index (χ3v) is 6.14. The van der Waals surface area contributed by atoms with E-state index in [2.05, 4.69) is 4.98 Å².